The quantitative estimate of drug-likeness (QED) is 0.384. The van der Waals surface area contributed by atoms with Crippen molar-refractivity contribution in [3.05, 3.63) is 12.2 Å². The van der Waals surface area contributed by atoms with Crippen molar-refractivity contribution in [2.75, 3.05) is 0 Å². The maximum atomic E-state index is 2.47. The predicted octanol–water partition coefficient (Wildman–Crippen LogP) is 6.26. The molecule has 0 saturated heterocycles. The lowest BCUT2D eigenvalue weighted by Gasteiger charge is -2.45. The maximum Gasteiger partial charge on any atom is -0.0266 e. The molecule has 0 aliphatic heterocycles. The zero-order chi connectivity index (χ0) is 12.7. The van der Waals surface area contributed by atoms with Gasteiger partial charge in [-0.15, -0.1) is 0 Å². The van der Waals surface area contributed by atoms with E-state index in [2.05, 4.69) is 19.1 Å². The van der Waals surface area contributed by atoms with Gasteiger partial charge in [0, 0.05) is 0 Å². The molecule has 1 unspecified atom stereocenters. The highest BCUT2D eigenvalue weighted by atomic mass is 14.4. The lowest BCUT2D eigenvalue weighted by molar-refractivity contribution is 0.0732. The molecule has 1 saturated carbocycles. The van der Waals surface area contributed by atoms with E-state index in [-0.39, 0.29) is 0 Å². The molecule has 0 heteroatoms. The molecule has 0 radical (unpaired) electrons. The Labute approximate surface area is 114 Å². The molecule has 0 heterocycles. The smallest absolute Gasteiger partial charge is 0.0266 e. The van der Waals surface area contributed by atoms with E-state index < -0.39 is 0 Å². The second-order valence-electron chi connectivity index (χ2n) is 6.72. The summed E-state index contributed by atoms with van der Waals surface area (Å²) in [5, 5.41) is 0. The Hall–Kier alpha value is -0.260. The Balaban J connectivity index is 1.91. The molecule has 0 aromatic heterocycles. The van der Waals surface area contributed by atoms with Crippen molar-refractivity contribution in [3.63, 3.8) is 0 Å². The minimum absolute atomic E-state index is 0.747. The third-order valence-electron chi connectivity index (χ3n) is 5.51. The Kier molecular flexibility index (Phi) is 5.79. The van der Waals surface area contributed by atoms with Crippen molar-refractivity contribution >= 4 is 0 Å². The lowest BCUT2D eigenvalue weighted by Crippen LogP contribution is -2.33. The lowest BCUT2D eigenvalue weighted by atomic mass is 9.60. The minimum Gasteiger partial charge on any atom is -0.0885 e. The van der Waals surface area contributed by atoms with Gasteiger partial charge >= 0.3 is 0 Å². The standard InChI is InChI=1S/C18H32/c1-2-3-4-9-14-18(15-10-6-11-16-18)17-12-7-5-8-13-17/h5,7,17H,2-4,6,8-16H2,1H3. The van der Waals surface area contributed by atoms with Crippen LogP contribution in [0.1, 0.15) is 90.4 Å². The predicted molar refractivity (Wildman–Crippen MR) is 80.8 cm³/mol. The topological polar surface area (TPSA) is 0 Å². The summed E-state index contributed by atoms with van der Waals surface area (Å²) >= 11 is 0. The van der Waals surface area contributed by atoms with Crippen LogP contribution in [0.2, 0.25) is 0 Å². The van der Waals surface area contributed by atoms with Crippen LogP contribution in [-0.4, -0.2) is 0 Å². The Morgan fingerprint density at radius 2 is 1.83 bits per heavy atom. The van der Waals surface area contributed by atoms with Gasteiger partial charge in [0.1, 0.15) is 0 Å². The van der Waals surface area contributed by atoms with Gasteiger partial charge in [0.05, 0.1) is 0 Å². The molecule has 2 rings (SSSR count). The number of allylic oxidation sites excluding steroid dienone is 2. The van der Waals surface area contributed by atoms with Crippen LogP contribution in [0.15, 0.2) is 12.2 Å². The first kappa shape index (κ1) is 14.2. The largest absolute Gasteiger partial charge is 0.0885 e. The van der Waals surface area contributed by atoms with Gasteiger partial charge in [0.25, 0.3) is 0 Å². The van der Waals surface area contributed by atoms with E-state index in [4.69, 9.17) is 0 Å². The molecule has 0 amide bonds. The molecular formula is C18H32. The highest BCUT2D eigenvalue weighted by Crippen LogP contribution is 2.50. The van der Waals surface area contributed by atoms with E-state index in [1.807, 2.05) is 0 Å². The fourth-order valence-electron chi connectivity index (χ4n) is 4.37. The second-order valence-corrected chi connectivity index (χ2v) is 6.72. The third-order valence-corrected chi connectivity index (χ3v) is 5.51. The zero-order valence-electron chi connectivity index (χ0n) is 12.4. The number of hydrogen-bond donors (Lipinski definition) is 0. The minimum atomic E-state index is 0.747. The second kappa shape index (κ2) is 7.36. The Morgan fingerprint density at radius 1 is 1.00 bits per heavy atom. The van der Waals surface area contributed by atoms with Gasteiger partial charge in [-0.25, -0.2) is 0 Å². The van der Waals surface area contributed by atoms with E-state index in [0.717, 1.165) is 11.3 Å². The molecule has 0 aromatic rings. The normalized spacial score (nSPS) is 27.3. The van der Waals surface area contributed by atoms with Crippen LogP contribution in [-0.2, 0) is 0 Å². The van der Waals surface area contributed by atoms with Gasteiger partial charge in [-0.2, -0.15) is 0 Å². The molecule has 0 aromatic carbocycles. The average molecular weight is 248 g/mol. The van der Waals surface area contributed by atoms with Gasteiger partial charge < -0.3 is 0 Å². The summed E-state index contributed by atoms with van der Waals surface area (Å²) in [6, 6.07) is 0. The third kappa shape index (κ3) is 3.62. The average Bonchev–Trinajstić information content (AvgIpc) is 2.46. The van der Waals surface area contributed by atoms with Gasteiger partial charge in [-0.1, -0.05) is 64.0 Å². The summed E-state index contributed by atoms with van der Waals surface area (Å²) in [6.45, 7) is 2.32. The Bertz CT molecular complexity index is 245. The Morgan fingerprint density at radius 3 is 2.50 bits per heavy atom. The van der Waals surface area contributed by atoms with Crippen LogP contribution in [0.5, 0.6) is 0 Å². The van der Waals surface area contributed by atoms with Crippen LogP contribution in [0, 0.1) is 11.3 Å². The first-order valence-corrected chi connectivity index (χ1v) is 8.52. The zero-order valence-corrected chi connectivity index (χ0v) is 12.4. The van der Waals surface area contributed by atoms with Crippen LogP contribution in [0.4, 0.5) is 0 Å². The molecule has 18 heavy (non-hydrogen) atoms. The summed E-state index contributed by atoms with van der Waals surface area (Å²) in [7, 11) is 0. The van der Waals surface area contributed by atoms with Gasteiger partial charge in [-0.05, 0) is 49.9 Å². The fourth-order valence-corrected chi connectivity index (χ4v) is 4.37. The molecule has 0 bridgehead atoms. The summed E-state index contributed by atoms with van der Waals surface area (Å²) < 4.78 is 0. The van der Waals surface area contributed by atoms with Crippen molar-refractivity contribution < 1.29 is 0 Å². The molecule has 2 aliphatic rings. The van der Waals surface area contributed by atoms with Crippen LogP contribution >= 0.6 is 0 Å². The number of rotatable bonds is 6. The van der Waals surface area contributed by atoms with Crippen molar-refractivity contribution in [2.45, 2.75) is 90.4 Å². The molecular weight excluding hydrogens is 216 g/mol. The van der Waals surface area contributed by atoms with Gasteiger partial charge in [0.2, 0.25) is 0 Å². The molecule has 1 fully saturated rings. The first-order valence-electron chi connectivity index (χ1n) is 8.52. The molecule has 0 nitrogen and oxygen atoms in total. The van der Waals surface area contributed by atoms with E-state index >= 15 is 0 Å². The van der Waals surface area contributed by atoms with E-state index in [9.17, 15) is 0 Å². The first-order chi connectivity index (χ1) is 8.87. The number of unbranched alkanes of at least 4 members (excludes halogenated alkanes) is 3. The monoisotopic (exact) mass is 248 g/mol. The fraction of sp³-hybridized carbons (Fsp3) is 0.889. The van der Waals surface area contributed by atoms with E-state index in [0.29, 0.717) is 0 Å². The maximum absolute atomic E-state index is 2.47. The van der Waals surface area contributed by atoms with Crippen LogP contribution < -0.4 is 0 Å². The molecule has 1 atom stereocenters. The van der Waals surface area contributed by atoms with Gasteiger partial charge in [0.15, 0.2) is 0 Å². The SMILES string of the molecule is CCCCCCC1(C2CC=CCC2)CCCCC1. The van der Waals surface area contributed by atoms with E-state index in [1.54, 1.807) is 0 Å². The summed E-state index contributed by atoms with van der Waals surface area (Å²) in [4.78, 5) is 0. The summed E-state index contributed by atoms with van der Waals surface area (Å²) in [5.74, 6) is 1.02. The number of hydrogen-bond acceptors (Lipinski definition) is 0. The van der Waals surface area contributed by atoms with Crippen LogP contribution in [0.3, 0.4) is 0 Å². The highest BCUT2D eigenvalue weighted by Gasteiger charge is 2.38. The van der Waals surface area contributed by atoms with Crippen molar-refractivity contribution in [1.82, 2.24) is 0 Å². The molecule has 2 aliphatic carbocycles. The van der Waals surface area contributed by atoms with Crippen molar-refractivity contribution in [1.29, 1.82) is 0 Å². The highest BCUT2D eigenvalue weighted by molar-refractivity contribution is 4.98. The summed E-state index contributed by atoms with van der Waals surface area (Å²) in [6.07, 6.45) is 24.0. The molecule has 0 spiro atoms. The molecule has 104 valence electrons. The van der Waals surface area contributed by atoms with Crippen molar-refractivity contribution in [3.8, 4) is 0 Å². The molecule has 0 N–H and O–H groups in total. The van der Waals surface area contributed by atoms with Crippen LogP contribution in [0.25, 0.3) is 0 Å². The summed E-state index contributed by atoms with van der Waals surface area (Å²) in [5.41, 5.74) is 0.747. The van der Waals surface area contributed by atoms with Crippen molar-refractivity contribution in [2.24, 2.45) is 11.3 Å². The van der Waals surface area contributed by atoms with E-state index in [1.165, 1.54) is 83.5 Å². The van der Waals surface area contributed by atoms with Gasteiger partial charge in [-0.3, -0.25) is 0 Å².